The lowest BCUT2D eigenvalue weighted by atomic mass is 10.1. The Bertz CT molecular complexity index is 608. The normalized spacial score (nSPS) is 18.9. The predicted molar refractivity (Wildman–Crippen MR) is 97.6 cm³/mol. The molecule has 1 aliphatic heterocycles. The molecule has 138 valence electrons. The smallest absolute Gasteiger partial charge is 0.321 e. The second-order valence-electron chi connectivity index (χ2n) is 6.64. The number of hydrogen-bond donors (Lipinski definition) is 2. The summed E-state index contributed by atoms with van der Waals surface area (Å²) in [6.45, 7) is 5.98. The summed E-state index contributed by atoms with van der Waals surface area (Å²) in [5, 5.41) is 5.07. The Morgan fingerprint density at radius 2 is 2.08 bits per heavy atom. The number of methoxy groups -OCH3 is 1. The number of imide groups is 1. The van der Waals surface area contributed by atoms with Crippen LogP contribution in [-0.4, -0.2) is 62.8 Å². The zero-order valence-electron chi connectivity index (χ0n) is 15.4. The highest BCUT2D eigenvalue weighted by atomic mass is 16.5. The molecular formula is C18H28N4O3. The molecule has 2 atom stereocenters. The third-order valence-corrected chi connectivity index (χ3v) is 4.33. The maximum atomic E-state index is 12.3. The fourth-order valence-corrected chi connectivity index (χ4v) is 3.12. The van der Waals surface area contributed by atoms with E-state index in [1.165, 1.54) is 11.3 Å². The molecule has 0 spiro atoms. The number of nitrogens with zero attached hydrogens (tertiary/aromatic N) is 2. The lowest BCUT2D eigenvalue weighted by molar-refractivity contribution is -0.121. The number of amides is 3. The fourth-order valence-electron chi connectivity index (χ4n) is 3.12. The van der Waals surface area contributed by atoms with E-state index in [0.717, 1.165) is 6.54 Å². The molecule has 1 aliphatic rings. The first-order valence-electron chi connectivity index (χ1n) is 8.53. The number of rotatable bonds is 5. The first kappa shape index (κ1) is 19.2. The summed E-state index contributed by atoms with van der Waals surface area (Å²) in [5.74, 6) is -0.309. The molecule has 7 nitrogen and oxygen atoms in total. The van der Waals surface area contributed by atoms with Gasteiger partial charge in [-0.1, -0.05) is 18.2 Å². The Morgan fingerprint density at radius 1 is 1.36 bits per heavy atom. The molecule has 0 aromatic heterocycles. The standard InChI is InChI=1S/C18H28N4O3/c1-13(12-25-4)19-18(24)20-17(23)11-22-10-15-7-5-6-8-16(15)21(3)9-14(22)2/h5-8,13-14H,9-12H2,1-4H3,(H2,19,20,23,24)/t13-,14-/m1/s1. The summed E-state index contributed by atoms with van der Waals surface area (Å²) in [6, 6.07) is 7.74. The van der Waals surface area contributed by atoms with Gasteiger partial charge in [0.1, 0.15) is 0 Å². The van der Waals surface area contributed by atoms with E-state index in [-0.39, 0.29) is 24.5 Å². The molecule has 0 radical (unpaired) electrons. The van der Waals surface area contributed by atoms with Crippen molar-refractivity contribution in [2.24, 2.45) is 0 Å². The maximum Gasteiger partial charge on any atom is 0.321 e. The molecule has 7 heteroatoms. The van der Waals surface area contributed by atoms with Crippen LogP contribution in [0.15, 0.2) is 24.3 Å². The predicted octanol–water partition coefficient (Wildman–Crippen LogP) is 1.19. The van der Waals surface area contributed by atoms with E-state index in [9.17, 15) is 9.59 Å². The number of ether oxygens (including phenoxy) is 1. The minimum absolute atomic E-state index is 0.157. The van der Waals surface area contributed by atoms with Gasteiger partial charge in [-0.15, -0.1) is 0 Å². The van der Waals surface area contributed by atoms with Gasteiger partial charge in [0, 0.05) is 39.0 Å². The van der Waals surface area contributed by atoms with Gasteiger partial charge in [-0.3, -0.25) is 15.0 Å². The molecule has 2 rings (SSSR count). The number of benzene rings is 1. The van der Waals surface area contributed by atoms with Gasteiger partial charge in [-0.25, -0.2) is 4.79 Å². The van der Waals surface area contributed by atoms with Gasteiger partial charge >= 0.3 is 6.03 Å². The van der Waals surface area contributed by atoms with Gasteiger partial charge < -0.3 is 15.0 Å². The zero-order valence-corrected chi connectivity index (χ0v) is 15.4. The molecular weight excluding hydrogens is 320 g/mol. The van der Waals surface area contributed by atoms with E-state index in [1.807, 2.05) is 19.1 Å². The van der Waals surface area contributed by atoms with Gasteiger partial charge in [-0.05, 0) is 25.5 Å². The van der Waals surface area contributed by atoms with Crippen molar-refractivity contribution in [1.82, 2.24) is 15.5 Å². The lowest BCUT2D eigenvalue weighted by Crippen LogP contribution is -2.49. The molecule has 0 bridgehead atoms. The second kappa shape index (κ2) is 8.82. The highest BCUT2D eigenvalue weighted by molar-refractivity contribution is 5.95. The fraction of sp³-hybridized carbons (Fsp3) is 0.556. The summed E-state index contributed by atoms with van der Waals surface area (Å²) < 4.78 is 4.96. The van der Waals surface area contributed by atoms with Crippen molar-refractivity contribution in [3.63, 3.8) is 0 Å². The summed E-state index contributed by atoms with van der Waals surface area (Å²) >= 11 is 0. The van der Waals surface area contributed by atoms with Crippen LogP contribution in [-0.2, 0) is 16.1 Å². The van der Waals surface area contributed by atoms with Gasteiger partial charge in [0.2, 0.25) is 5.91 Å². The van der Waals surface area contributed by atoms with E-state index in [1.54, 1.807) is 7.11 Å². The van der Waals surface area contributed by atoms with Crippen LogP contribution in [0.25, 0.3) is 0 Å². The van der Waals surface area contributed by atoms with Gasteiger partial charge in [0.25, 0.3) is 0 Å². The van der Waals surface area contributed by atoms with Crippen molar-refractivity contribution in [3.8, 4) is 0 Å². The number of carbonyl (C=O) groups is 2. The SMILES string of the molecule is COC[C@@H](C)NC(=O)NC(=O)CN1Cc2ccccc2N(C)C[C@H]1C. The molecule has 1 heterocycles. The average Bonchev–Trinajstić information content (AvgIpc) is 2.64. The Morgan fingerprint density at radius 3 is 2.80 bits per heavy atom. The molecule has 0 saturated heterocycles. The monoisotopic (exact) mass is 348 g/mol. The minimum Gasteiger partial charge on any atom is -0.383 e. The van der Waals surface area contributed by atoms with Crippen molar-refractivity contribution >= 4 is 17.6 Å². The first-order chi connectivity index (χ1) is 11.9. The largest absolute Gasteiger partial charge is 0.383 e. The molecule has 1 aromatic rings. The number of fused-ring (bicyclic) bond motifs is 1. The molecule has 0 aliphatic carbocycles. The summed E-state index contributed by atoms with van der Waals surface area (Å²) in [5.41, 5.74) is 2.36. The number of nitrogens with one attached hydrogen (secondary N) is 2. The molecule has 2 N–H and O–H groups in total. The zero-order chi connectivity index (χ0) is 18.4. The molecule has 25 heavy (non-hydrogen) atoms. The van der Waals surface area contributed by atoms with Gasteiger partial charge in [0.15, 0.2) is 0 Å². The molecule has 1 aromatic carbocycles. The molecule has 3 amide bonds. The van der Waals surface area contributed by atoms with Crippen LogP contribution >= 0.6 is 0 Å². The first-order valence-corrected chi connectivity index (χ1v) is 8.53. The third kappa shape index (κ3) is 5.44. The van der Waals surface area contributed by atoms with E-state index in [2.05, 4.69) is 46.5 Å². The number of anilines is 1. The average molecular weight is 348 g/mol. The van der Waals surface area contributed by atoms with Crippen LogP contribution in [0.5, 0.6) is 0 Å². The van der Waals surface area contributed by atoms with Crippen LogP contribution in [0.1, 0.15) is 19.4 Å². The summed E-state index contributed by atoms with van der Waals surface area (Å²) in [7, 11) is 3.63. The number of urea groups is 1. The van der Waals surface area contributed by atoms with Crippen molar-refractivity contribution in [3.05, 3.63) is 29.8 Å². The summed E-state index contributed by atoms with van der Waals surface area (Å²) in [6.07, 6.45) is 0. The highest BCUT2D eigenvalue weighted by Gasteiger charge is 2.25. The maximum absolute atomic E-state index is 12.3. The van der Waals surface area contributed by atoms with Crippen molar-refractivity contribution < 1.29 is 14.3 Å². The lowest BCUT2D eigenvalue weighted by Gasteiger charge is -2.27. The molecule has 0 saturated carbocycles. The number of carbonyl (C=O) groups excluding carboxylic acids is 2. The summed E-state index contributed by atoms with van der Waals surface area (Å²) in [4.78, 5) is 28.4. The highest BCUT2D eigenvalue weighted by Crippen LogP contribution is 2.25. The van der Waals surface area contributed by atoms with Crippen LogP contribution in [0.2, 0.25) is 0 Å². The Hall–Kier alpha value is -2.12. The molecule has 0 fully saturated rings. The van der Waals surface area contributed by atoms with E-state index in [4.69, 9.17) is 4.74 Å². The minimum atomic E-state index is -0.491. The topological polar surface area (TPSA) is 73.9 Å². The van der Waals surface area contributed by atoms with E-state index in [0.29, 0.717) is 13.2 Å². The third-order valence-electron chi connectivity index (χ3n) is 4.33. The quantitative estimate of drug-likeness (QED) is 0.836. The Kier molecular flexibility index (Phi) is 6.78. The van der Waals surface area contributed by atoms with Crippen LogP contribution < -0.4 is 15.5 Å². The van der Waals surface area contributed by atoms with Crippen LogP contribution in [0.3, 0.4) is 0 Å². The van der Waals surface area contributed by atoms with Crippen molar-refractivity contribution in [2.75, 3.05) is 38.8 Å². The molecule has 0 unspecified atom stereocenters. The van der Waals surface area contributed by atoms with E-state index < -0.39 is 6.03 Å². The van der Waals surface area contributed by atoms with Crippen molar-refractivity contribution in [2.45, 2.75) is 32.5 Å². The number of para-hydroxylation sites is 1. The van der Waals surface area contributed by atoms with E-state index >= 15 is 0 Å². The van der Waals surface area contributed by atoms with Crippen LogP contribution in [0, 0.1) is 0 Å². The Balaban J connectivity index is 1.95. The second-order valence-corrected chi connectivity index (χ2v) is 6.64. The van der Waals surface area contributed by atoms with Gasteiger partial charge in [0.05, 0.1) is 19.2 Å². The van der Waals surface area contributed by atoms with Gasteiger partial charge in [-0.2, -0.15) is 0 Å². The van der Waals surface area contributed by atoms with Crippen LogP contribution in [0.4, 0.5) is 10.5 Å². The Labute approximate surface area is 149 Å². The number of hydrogen-bond acceptors (Lipinski definition) is 5. The number of likely N-dealkylation sites (N-methyl/N-ethyl adjacent to an activating group) is 1. The van der Waals surface area contributed by atoms with Crippen molar-refractivity contribution in [1.29, 1.82) is 0 Å².